The van der Waals surface area contributed by atoms with Crippen LogP contribution in [-0.4, -0.2) is 40.8 Å². The van der Waals surface area contributed by atoms with E-state index in [-0.39, 0.29) is 35.6 Å². The van der Waals surface area contributed by atoms with Crippen LogP contribution in [0.2, 0.25) is 5.02 Å². The van der Waals surface area contributed by atoms with E-state index in [0.29, 0.717) is 11.6 Å². The van der Waals surface area contributed by atoms with Crippen LogP contribution in [0, 0.1) is 11.8 Å². The first-order chi connectivity index (χ1) is 14.1. The number of fused-ring (bicyclic) bond motifs is 1. The van der Waals surface area contributed by atoms with Crippen LogP contribution in [-0.2, 0) is 9.59 Å². The first-order valence-corrected chi connectivity index (χ1v) is 11.1. The Morgan fingerprint density at radius 2 is 1.86 bits per heavy atom. The van der Waals surface area contributed by atoms with E-state index >= 15 is 0 Å². The third-order valence-electron chi connectivity index (χ3n) is 6.59. The van der Waals surface area contributed by atoms with E-state index < -0.39 is 0 Å². The standard InChI is InChI=1S/C22H26ClN3O3/c23-16-5-8-19-18(11-16)25-21(29-19)13-3-6-17(7-4-13)24-20(27)15-9-10-26(12-15)22(28)14-1-2-14/h5,8,11,13-15,17H,1-4,6-7,9-10,12H2,(H,24,27). The summed E-state index contributed by atoms with van der Waals surface area (Å²) in [6, 6.07) is 5.70. The number of benzene rings is 1. The number of halogens is 1. The summed E-state index contributed by atoms with van der Waals surface area (Å²) >= 11 is 6.04. The second kappa shape index (κ2) is 7.63. The van der Waals surface area contributed by atoms with Gasteiger partial charge in [0, 0.05) is 36.0 Å². The Kier molecular flexibility index (Phi) is 4.98. The van der Waals surface area contributed by atoms with E-state index in [1.165, 1.54) is 0 Å². The van der Waals surface area contributed by atoms with E-state index in [9.17, 15) is 9.59 Å². The molecule has 3 fully saturated rings. The minimum atomic E-state index is -0.0581. The fourth-order valence-corrected chi connectivity index (χ4v) is 4.83. The summed E-state index contributed by atoms with van der Waals surface area (Å²) < 4.78 is 5.92. The van der Waals surface area contributed by atoms with Gasteiger partial charge in [0.15, 0.2) is 11.5 Å². The van der Waals surface area contributed by atoms with Crippen molar-refractivity contribution in [2.24, 2.45) is 11.8 Å². The maximum Gasteiger partial charge on any atom is 0.225 e. The molecule has 2 aromatic rings. The number of carbonyl (C=O) groups excluding carboxylic acids is 2. The maximum absolute atomic E-state index is 12.7. The molecular weight excluding hydrogens is 390 g/mol. The Hall–Kier alpha value is -2.08. The van der Waals surface area contributed by atoms with Crippen LogP contribution in [0.15, 0.2) is 22.6 Å². The van der Waals surface area contributed by atoms with Gasteiger partial charge in [0.1, 0.15) is 5.52 Å². The zero-order valence-corrected chi connectivity index (χ0v) is 17.2. The topological polar surface area (TPSA) is 75.4 Å². The molecule has 1 aliphatic heterocycles. The third kappa shape index (κ3) is 4.00. The average molecular weight is 416 g/mol. The molecule has 1 aromatic carbocycles. The molecule has 0 spiro atoms. The Labute approximate surface area is 175 Å². The van der Waals surface area contributed by atoms with Crippen molar-refractivity contribution in [1.29, 1.82) is 0 Å². The molecule has 1 saturated heterocycles. The van der Waals surface area contributed by atoms with Gasteiger partial charge in [-0.2, -0.15) is 0 Å². The van der Waals surface area contributed by atoms with Crippen molar-refractivity contribution in [3.63, 3.8) is 0 Å². The highest BCUT2D eigenvalue weighted by atomic mass is 35.5. The normalized spacial score (nSPS) is 27.3. The predicted octanol–water partition coefficient (Wildman–Crippen LogP) is 3.88. The van der Waals surface area contributed by atoms with Gasteiger partial charge >= 0.3 is 0 Å². The maximum atomic E-state index is 12.7. The van der Waals surface area contributed by atoms with Crippen LogP contribution < -0.4 is 5.32 Å². The molecule has 29 heavy (non-hydrogen) atoms. The van der Waals surface area contributed by atoms with Gasteiger partial charge in [0.25, 0.3) is 0 Å². The average Bonchev–Trinajstić information content (AvgIpc) is 3.29. The highest BCUT2D eigenvalue weighted by Gasteiger charge is 2.38. The Morgan fingerprint density at radius 3 is 2.62 bits per heavy atom. The fraction of sp³-hybridized carbons (Fsp3) is 0.591. The molecule has 2 saturated carbocycles. The van der Waals surface area contributed by atoms with Crippen molar-refractivity contribution in [2.45, 2.75) is 56.9 Å². The van der Waals surface area contributed by atoms with Crippen molar-refractivity contribution < 1.29 is 14.0 Å². The molecule has 5 rings (SSSR count). The van der Waals surface area contributed by atoms with Crippen LogP contribution in [0.4, 0.5) is 0 Å². The number of nitrogens with zero attached hydrogens (tertiary/aromatic N) is 2. The van der Waals surface area contributed by atoms with Gasteiger partial charge in [-0.1, -0.05) is 11.6 Å². The second-order valence-corrected chi connectivity index (χ2v) is 9.20. The zero-order chi connectivity index (χ0) is 20.0. The lowest BCUT2D eigenvalue weighted by Gasteiger charge is -2.28. The number of rotatable bonds is 4. The van der Waals surface area contributed by atoms with Gasteiger partial charge in [-0.05, 0) is 63.1 Å². The Balaban J connectivity index is 1.13. The summed E-state index contributed by atoms with van der Waals surface area (Å²) in [6.45, 7) is 1.31. The molecule has 2 heterocycles. The smallest absolute Gasteiger partial charge is 0.225 e. The number of oxazole rings is 1. The summed E-state index contributed by atoms with van der Waals surface area (Å²) in [5.41, 5.74) is 1.57. The summed E-state index contributed by atoms with van der Waals surface area (Å²) in [4.78, 5) is 31.4. The van der Waals surface area contributed by atoms with Crippen molar-refractivity contribution >= 4 is 34.5 Å². The van der Waals surface area contributed by atoms with E-state index in [0.717, 1.165) is 68.5 Å². The highest BCUT2D eigenvalue weighted by Crippen LogP contribution is 2.35. The number of hydrogen-bond donors (Lipinski definition) is 1. The molecule has 1 atom stereocenters. The molecule has 7 heteroatoms. The quantitative estimate of drug-likeness (QED) is 0.822. The van der Waals surface area contributed by atoms with Crippen LogP contribution in [0.1, 0.15) is 56.8 Å². The van der Waals surface area contributed by atoms with Crippen molar-refractivity contribution in [1.82, 2.24) is 15.2 Å². The highest BCUT2D eigenvalue weighted by molar-refractivity contribution is 6.31. The lowest BCUT2D eigenvalue weighted by atomic mass is 9.85. The molecule has 2 amide bonds. The molecule has 1 unspecified atom stereocenters. The van der Waals surface area contributed by atoms with Crippen LogP contribution in [0.3, 0.4) is 0 Å². The largest absolute Gasteiger partial charge is 0.440 e. The van der Waals surface area contributed by atoms with Gasteiger partial charge < -0.3 is 14.6 Å². The second-order valence-electron chi connectivity index (χ2n) is 8.77. The number of nitrogens with one attached hydrogen (secondary N) is 1. The minimum Gasteiger partial charge on any atom is -0.440 e. The van der Waals surface area contributed by atoms with E-state index in [1.807, 2.05) is 23.1 Å². The Bertz CT molecular complexity index is 931. The molecule has 1 N–H and O–H groups in total. The molecule has 0 radical (unpaired) electrons. The first-order valence-electron chi connectivity index (χ1n) is 10.7. The summed E-state index contributed by atoms with van der Waals surface area (Å²) in [6.07, 6.45) is 6.56. The fourth-order valence-electron chi connectivity index (χ4n) is 4.66. The molecule has 2 aliphatic carbocycles. The van der Waals surface area contributed by atoms with Crippen molar-refractivity contribution in [2.75, 3.05) is 13.1 Å². The van der Waals surface area contributed by atoms with E-state index in [4.69, 9.17) is 16.0 Å². The van der Waals surface area contributed by atoms with E-state index in [2.05, 4.69) is 10.3 Å². The first kappa shape index (κ1) is 18.9. The van der Waals surface area contributed by atoms with Gasteiger partial charge in [0.2, 0.25) is 11.8 Å². The number of hydrogen-bond acceptors (Lipinski definition) is 4. The predicted molar refractivity (Wildman–Crippen MR) is 110 cm³/mol. The lowest BCUT2D eigenvalue weighted by molar-refractivity contribution is -0.132. The molecule has 1 aromatic heterocycles. The third-order valence-corrected chi connectivity index (χ3v) is 6.82. The van der Waals surface area contributed by atoms with Crippen LogP contribution in [0.5, 0.6) is 0 Å². The van der Waals surface area contributed by atoms with Gasteiger partial charge in [-0.3, -0.25) is 9.59 Å². The van der Waals surface area contributed by atoms with Crippen molar-refractivity contribution in [3.8, 4) is 0 Å². The molecule has 3 aliphatic rings. The molecule has 154 valence electrons. The summed E-state index contributed by atoms with van der Waals surface area (Å²) in [5.74, 6) is 1.59. The van der Waals surface area contributed by atoms with Crippen LogP contribution >= 0.6 is 11.6 Å². The van der Waals surface area contributed by atoms with Gasteiger partial charge in [-0.15, -0.1) is 0 Å². The monoisotopic (exact) mass is 415 g/mol. The summed E-state index contributed by atoms with van der Waals surface area (Å²) in [5, 5.41) is 3.89. The summed E-state index contributed by atoms with van der Waals surface area (Å²) in [7, 11) is 0. The van der Waals surface area contributed by atoms with Crippen LogP contribution in [0.25, 0.3) is 11.1 Å². The minimum absolute atomic E-state index is 0.0581. The number of amides is 2. The number of aromatic nitrogens is 1. The van der Waals surface area contributed by atoms with Gasteiger partial charge in [0.05, 0.1) is 5.92 Å². The van der Waals surface area contributed by atoms with E-state index in [1.54, 1.807) is 0 Å². The SMILES string of the molecule is O=C(NC1CCC(c2nc3cc(Cl)ccc3o2)CC1)C1CCN(C(=O)C2CC2)C1. The number of likely N-dealkylation sites (tertiary alicyclic amines) is 1. The van der Waals surface area contributed by atoms with Gasteiger partial charge in [-0.25, -0.2) is 4.98 Å². The molecule has 0 bridgehead atoms. The molecular formula is C22H26ClN3O3. The Morgan fingerprint density at radius 1 is 1.07 bits per heavy atom. The molecule has 6 nitrogen and oxygen atoms in total. The zero-order valence-electron chi connectivity index (χ0n) is 16.4. The lowest BCUT2D eigenvalue weighted by Crippen LogP contribution is -2.42. The number of carbonyl (C=O) groups is 2. The van der Waals surface area contributed by atoms with Crippen molar-refractivity contribution in [3.05, 3.63) is 29.1 Å².